The van der Waals surface area contributed by atoms with Crippen LogP contribution in [0.5, 0.6) is 0 Å². The van der Waals surface area contributed by atoms with Gasteiger partial charge in [-0.3, -0.25) is 4.68 Å². The van der Waals surface area contributed by atoms with E-state index in [9.17, 15) is 9.18 Å². The van der Waals surface area contributed by atoms with Crippen LogP contribution in [0.25, 0.3) is 5.57 Å². The summed E-state index contributed by atoms with van der Waals surface area (Å²) in [6.45, 7) is 0.321. The minimum absolute atomic E-state index is 0.196. The second-order valence-corrected chi connectivity index (χ2v) is 6.21. The molecular weight excluding hydrogens is 342 g/mol. The molecule has 1 aliphatic carbocycles. The summed E-state index contributed by atoms with van der Waals surface area (Å²) >= 11 is 12.1. The molecule has 0 radical (unpaired) electrons. The first-order valence-corrected chi connectivity index (χ1v) is 7.84. The summed E-state index contributed by atoms with van der Waals surface area (Å²) in [5.41, 5.74) is 2.37. The highest BCUT2D eigenvalue weighted by Gasteiger charge is 2.26. The number of hydrogen-bond donors (Lipinski definition) is 1. The maximum absolute atomic E-state index is 14.0. The molecule has 0 amide bonds. The van der Waals surface area contributed by atoms with Crippen LogP contribution in [0.15, 0.2) is 30.2 Å². The van der Waals surface area contributed by atoms with E-state index in [0.717, 1.165) is 17.5 Å². The van der Waals surface area contributed by atoms with Crippen LogP contribution in [-0.2, 0) is 17.8 Å². The lowest BCUT2D eigenvalue weighted by molar-refractivity contribution is -0.134. The molecule has 0 saturated carbocycles. The molecule has 0 bridgehead atoms. The lowest BCUT2D eigenvalue weighted by Gasteiger charge is -2.18. The fourth-order valence-corrected chi connectivity index (χ4v) is 3.27. The van der Waals surface area contributed by atoms with Crippen molar-refractivity contribution in [3.8, 4) is 0 Å². The van der Waals surface area contributed by atoms with Gasteiger partial charge < -0.3 is 5.11 Å². The van der Waals surface area contributed by atoms with Gasteiger partial charge in [0, 0.05) is 15.6 Å². The van der Waals surface area contributed by atoms with Gasteiger partial charge in [0.1, 0.15) is 0 Å². The largest absolute Gasteiger partial charge is 0.476 e. The van der Waals surface area contributed by atoms with Crippen LogP contribution >= 0.6 is 23.2 Å². The summed E-state index contributed by atoms with van der Waals surface area (Å²) in [5, 5.41) is 14.2. The molecule has 2 aromatic rings. The van der Waals surface area contributed by atoms with Gasteiger partial charge in [0.25, 0.3) is 0 Å². The minimum atomic E-state index is -1.55. The molecule has 0 unspecified atom stereocenters. The van der Waals surface area contributed by atoms with Gasteiger partial charge in [-0.15, -0.1) is 0 Å². The molecule has 0 saturated heterocycles. The van der Waals surface area contributed by atoms with E-state index in [2.05, 4.69) is 5.10 Å². The zero-order valence-corrected chi connectivity index (χ0v) is 13.5. The Morgan fingerprint density at radius 1 is 1.35 bits per heavy atom. The highest BCUT2D eigenvalue weighted by Crippen LogP contribution is 2.34. The third kappa shape index (κ3) is 3.12. The van der Waals surface area contributed by atoms with E-state index in [1.807, 2.05) is 0 Å². The summed E-state index contributed by atoms with van der Waals surface area (Å²) < 4.78 is 15.6. The fourth-order valence-electron chi connectivity index (χ4n) is 2.80. The van der Waals surface area contributed by atoms with Crippen LogP contribution in [0, 0.1) is 0 Å². The van der Waals surface area contributed by atoms with Crippen LogP contribution in [0.3, 0.4) is 0 Å². The summed E-state index contributed by atoms with van der Waals surface area (Å²) in [7, 11) is 0. The number of aliphatic carboxylic acids is 1. The van der Waals surface area contributed by atoms with E-state index in [1.165, 1.54) is 0 Å². The summed E-state index contributed by atoms with van der Waals surface area (Å²) in [6, 6.07) is 5.12. The SMILES string of the molecule is O=C(O)C(F)=C1CCCc2cnn(Cc3ccc(Cl)cc3Cl)c21. The molecule has 1 heterocycles. The molecule has 0 atom stereocenters. The number of rotatable bonds is 3. The Balaban J connectivity index is 2.05. The first-order valence-electron chi connectivity index (χ1n) is 7.08. The number of allylic oxidation sites excluding steroid dienone is 1. The second-order valence-electron chi connectivity index (χ2n) is 5.36. The summed E-state index contributed by atoms with van der Waals surface area (Å²) in [5.74, 6) is -2.67. The monoisotopic (exact) mass is 354 g/mol. The van der Waals surface area contributed by atoms with Crippen LogP contribution in [-0.4, -0.2) is 20.9 Å². The van der Waals surface area contributed by atoms with Gasteiger partial charge in [-0.1, -0.05) is 29.3 Å². The average Bonchev–Trinajstić information content (AvgIpc) is 2.92. The minimum Gasteiger partial charge on any atom is -0.476 e. The van der Waals surface area contributed by atoms with Crippen molar-refractivity contribution in [1.29, 1.82) is 0 Å². The van der Waals surface area contributed by atoms with Crippen molar-refractivity contribution >= 4 is 34.7 Å². The fraction of sp³-hybridized carbons (Fsp3) is 0.250. The maximum Gasteiger partial charge on any atom is 0.365 e. The number of hydrogen-bond acceptors (Lipinski definition) is 2. The van der Waals surface area contributed by atoms with E-state index in [-0.39, 0.29) is 5.57 Å². The predicted molar refractivity (Wildman–Crippen MR) is 86.4 cm³/mol. The number of fused-ring (bicyclic) bond motifs is 1. The van der Waals surface area contributed by atoms with Gasteiger partial charge in [-0.2, -0.15) is 9.49 Å². The van der Waals surface area contributed by atoms with Crippen molar-refractivity contribution in [1.82, 2.24) is 9.78 Å². The standard InChI is InChI=1S/C16H13Cl2FN2O2/c17-11-5-4-10(13(18)6-11)8-21-15-9(7-20-21)2-1-3-12(15)14(19)16(22)23/h4-7H,1-3,8H2,(H,22,23). The zero-order valence-electron chi connectivity index (χ0n) is 12.0. The first kappa shape index (κ1) is 16.0. The number of nitrogens with zero attached hydrogens (tertiary/aromatic N) is 2. The molecular formula is C16H13Cl2FN2O2. The van der Waals surface area contributed by atoms with E-state index in [0.29, 0.717) is 35.1 Å². The first-order chi connectivity index (χ1) is 11.0. The molecule has 1 N–H and O–H groups in total. The molecule has 0 fully saturated rings. The lowest BCUT2D eigenvalue weighted by atomic mass is 9.92. The second kappa shape index (κ2) is 6.34. The van der Waals surface area contributed by atoms with Crippen LogP contribution < -0.4 is 0 Å². The predicted octanol–water partition coefficient (Wildman–Crippen LogP) is 4.34. The number of carbonyl (C=O) groups is 1. The topological polar surface area (TPSA) is 55.1 Å². The van der Waals surface area contributed by atoms with Crippen molar-refractivity contribution in [2.45, 2.75) is 25.8 Å². The average molecular weight is 355 g/mol. The summed E-state index contributed by atoms with van der Waals surface area (Å²) in [4.78, 5) is 11.0. The van der Waals surface area contributed by atoms with Gasteiger partial charge in [-0.25, -0.2) is 4.79 Å². The molecule has 120 valence electrons. The molecule has 7 heteroatoms. The van der Waals surface area contributed by atoms with Gasteiger partial charge >= 0.3 is 5.97 Å². The Hall–Kier alpha value is -1.85. The van der Waals surface area contributed by atoms with E-state index in [4.69, 9.17) is 28.3 Å². The molecule has 3 rings (SSSR count). The molecule has 4 nitrogen and oxygen atoms in total. The molecule has 1 aromatic carbocycles. The Bertz CT molecular complexity index is 814. The van der Waals surface area contributed by atoms with Crippen molar-refractivity contribution in [3.63, 3.8) is 0 Å². The summed E-state index contributed by atoms with van der Waals surface area (Å²) in [6.07, 6.45) is 3.50. The van der Waals surface area contributed by atoms with Crippen molar-refractivity contribution in [3.05, 3.63) is 57.1 Å². The van der Waals surface area contributed by atoms with Gasteiger partial charge in [0.2, 0.25) is 5.83 Å². The van der Waals surface area contributed by atoms with Gasteiger partial charge in [-0.05, 0) is 42.5 Å². The highest BCUT2D eigenvalue weighted by molar-refractivity contribution is 6.35. The number of aryl methyl sites for hydroxylation is 1. The maximum atomic E-state index is 14.0. The van der Waals surface area contributed by atoms with E-state index < -0.39 is 11.8 Å². The highest BCUT2D eigenvalue weighted by atomic mass is 35.5. The Labute approximate surface area is 142 Å². The van der Waals surface area contributed by atoms with Gasteiger partial charge in [0.05, 0.1) is 18.4 Å². The van der Waals surface area contributed by atoms with Crippen LogP contribution in [0.1, 0.15) is 29.7 Å². The number of aromatic nitrogens is 2. The lowest BCUT2D eigenvalue weighted by Crippen LogP contribution is -2.13. The van der Waals surface area contributed by atoms with Gasteiger partial charge in [0.15, 0.2) is 0 Å². The number of benzene rings is 1. The Morgan fingerprint density at radius 3 is 2.83 bits per heavy atom. The van der Waals surface area contributed by atoms with Crippen molar-refractivity contribution in [2.24, 2.45) is 0 Å². The molecule has 1 aromatic heterocycles. The molecule has 23 heavy (non-hydrogen) atoms. The van der Waals surface area contributed by atoms with E-state index in [1.54, 1.807) is 29.1 Å². The zero-order chi connectivity index (χ0) is 16.6. The number of carboxylic acids is 1. The Morgan fingerprint density at radius 2 is 2.13 bits per heavy atom. The van der Waals surface area contributed by atoms with E-state index >= 15 is 0 Å². The molecule has 0 aliphatic heterocycles. The third-order valence-electron chi connectivity index (χ3n) is 3.86. The van der Waals surface area contributed by atoms with Crippen molar-refractivity contribution in [2.75, 3.05) is 0 Å². The number of carboxylic acid groups (broad SMARTS) is 1. The number of halogens is 3. The molecule has 1 aliphatic rings. The van der Waals surface area contributed by atoms with Crippen LogP contribution in [0.2, 0.25) is 10.0 Å². The normalized spacial score (nSPS) is 16.1. The third-order valence-corrected chi connectivity index (χ3v) is 4.45. The molecule has 0 spiro atoms. The quantitative estimate of drug-likeness (QED) is 0.834. The van der Waals surface area contributed by atoms with Crippen molar-refractivity contribution < 1.29 is 14.3 Å². The van der Waals surface area contributed by atoms with Crippen LogP contribution in [0.4, 0.5) is 4.39 Å². The smallest absolute Gasteiger partial charge is 0.365 e. The Kier molecular flexibility index (Phi) is 4.41.